The highest BCUT2D eigenvalue weighted by Crippen LogP contribution is 2.18. The van der Waals surface area contributed by atoms with Gasteiger partial charge in [-0.2, -0.15) is 0 Å². The van der Waals surface area contributed by atoms with E-state index in [9.17, 15) is 0 Å². The standard InChI is InChI=1S/C11H9O/c1-2-5-10-8-9-6-3-4-7-11(9)12-10/h2-4,6-7H,1,5H2. The summed E-state index contributed by atoms with van der Waals surface area (Å²) in [6.07, 6.45) is 2.56. The van der Waals surface area contributed by atoms with E-state index >= 15 is 0 Å². The van der Waals surface area contributed by atoms with Crippen molar-refractivity contribution < 1.29 is 4.42 Å². The fraction of sp³-hybridized carbons (Fsp3) is 0.0909. The largest absolute Gasteiger partial charge is 0.460 e. The maximum Gasteiger partial charge on any atom is 0.134 e. The summed E-state index contributed by atoms with van der Waals surface area (Å²) >= 11 is 0. The summed E-state index contributed by atoms with van der Waals surface area (Å²) in [5.41, 5.74) is 0.898. The van der Waals surface area contributed by atoms with Crippen molar-refractivity contribution in [2.45, 2.75) is 6.42 Å². The first-order chi connectivity index (χ1) is 5.90. The molecule has 2 rings (SSSR count). The Morgan fingerprint density at radius 3 is 3.00 bits per heavy atom. The van der Waals surface area contributed by atoms with Crippen LogP contribution in [-0.2, 0) is 6.42 Å². The lowest BCUT2D eigenvalue weighted by Gasteiger charge is -1.84. The van der Waals surface area contributed by atoms with E-state index < -0.39 is 0 Å². The molecule has 1 heteroatoms. The molecule has 0 aliphatic heterocycles. The number of allylic oxidation sites excluding steroid dienone is 1. The van der Waals surface area contributed by atoms with E-state index in [0.717, 1.165) is 23.2 Å². The molecule has 0 fully saturated rings. The van der Waals surface area contributed by atoms with Gasteiger partial charge in [0.15, 0.2) is 0 Å². The Labute approximate surface area is 71.3 Å². The SMILES string of the molecule is C=CCc1[c]c2ccccc2o1. The van der Waals surface area contributed by atoms with Gasteiger partial charge in [-0.15, -0.1) is 6.58 Å². The topological polar surface area (TPSA) is 13.1 Å². The highest BCUT2D eigenvalue weighted by atomic mass is 16.3. The number of rotatable bonds is 2. The van der Waals surface area contributed by atoms with Crippen LogP contribution in [0.5, 0.6) is 0 Å². The molecule has 0 N–H and O–H groups in total. The van der Waals surface area contributed by atoms with E-state index in [-0.39, 0.29) is 0 Å². The minimum atomic E-state index is 0.745. The predicted molar refractivity (Wildman–Crippen MR) is 49.0 cm³/mol. The van der Waals surface area contributed by atoms with Crippen LogP contribution in [0.1, 0.15) is 5.76 Å². The highest BCUT2D eigenvalue weighted by Gasteiger charge is 2.00. The molecule has 0 saturated carbocycles. The third kappa shape index (κ3) is 1.14. The van der Waals surface area contributed by atoms with Crippen LogP contribution in [0.15, 0.2) is 41.3 Å². The van der Waals surface area contributed by atoms with Crippen LogP contribution in [0, 0.1) is 6.07 Å². The smallest absolute Gasteiger partial charge is 0.134 e. The van der Waals surface area contributed by atoms with Crippen LogP contribution < -0.4 is 0 Å². The summed E-state index contributed by atoms with van der Waals surface area (Å²) in [7, 11) is 0. The van der Waals surface area contributed by atoms with E-state index in [2.05, 4.69) is 12.6 Å². The number of para-hydroxylation sites is 1. The van der Waals surface area contributed by atoms with Gasteiger partial charge in [-0.1, -0.05) is 24.3 Å². The Balaban J connectivity index is 2.54. The summed E-state index contributed by atoms with van der Waals surface area (Å²) in [4.78, 5) is 0. The molecule has 1 nitrogen and oxygen atoms in total. The maximum atomic E-state index is 5.48. The van der Waals surface area contributed by atoms with Crippen LogP contribution in [0.25, 0.3) is 11.0 Å². The van der Waals surface area contributed by atoms with Crippen molar-refractivity contribution in [1.29, 1.82) is 0 Å². The van der Waals surface area contributed by atoms with Crippen molar-refractivity contribution in [3.8, 4) is 0 Å². The van der Waals surface area contributed by atoms with Crippen LogP contribution in [0.3, 0.4) is 0 Å². The van der Waals surface area contributed by atoms with Crippen molar-refractivity contribution in [2.75, 3.05) is 0 Å². The second kappa shape index (κ2) is 2.86. The quantitative estimate of drug-likeness (QED) is 0.611. The van der Waals surface area contributed by atoms with Crippen molar-refractivity contribution in [3.05, 3.63) is 48.7 Å². The van der Waals surface area contributed by atoms with Gasteiger partial charge in [-0.3, -0.25) is 0 Å². The average molecular weight is 157 g/mol. The predicted octanol–water partition coefficient (Wildman–Crippen LogP) is 2.96. The first-order valence-electron chi connectivity index (χ1n) is 3.91. The monoisotopic (exact) mass is 157 g/mol. The lowest BCUT2D eigenvalue weighted by atomic mass is 10.2. The fourth-order valence-corrected chi connectivity index (χ4v) is 1.19. The number of furan rings is 1. The molecular formula is C11H9O. The minimum Gasteiger partial charge on any atom is -0.460 e. The van der Waals surface area contributed by atoms with Gasteiger partial charge in [0.05, 0.1) is 0 Å². The first-order valence-corrected chi connectivity index (χ1v) is 3.91. The zero-order valence-corrected chi connectivity index (χ0v) is 6.71. The van der Waals surface area contributed by atoms with E-state index in [1.54, 1.807) is 0 Å². The molecule has 59 valence electrons. The summed E-state index contributed by atoms with van der Waals surface area (Å²) in [6, 6.07) is 11.0. The van der Waals surface area contributed by atoms with E-state index in [4.69, 9.17) is 4.42 Å². The Kier molecular flexibility index (Phi) is 1.71. The van der Waals surface area contributed by atoms with Crippen LogP contribution in [0.2, 0.25) is 0 Å². The van der Waals surface area contributed by atoms with Gasteiger partial charge in [0.2, 0.25) is 0 Å². The molecule has 1 aromatic carbocycles. The van der Waals surface area contributed by atoms with Crippen molar-refractivity contribution in [3.63, 3.8) is 0 Å². The van der Waals surface area contributed by atoms with E-state index in [0.29, 0.717) is 0 Å². The van der Waals surface area contributed by atoms with Gasteiger partial charge in [-0.05, 0) is 6.07 Å². The van der Waals surface area contributed by atoms with Crippen LogP contribution in [-0.4, -0.2) is 0 Å². The van der Waals surface area contributed by atoms with Gasteiger partial charge in [0, 0.05) is 17.9 Å². The number of hydrogen-bond acceptors (Lipinski definition) is 1. The van der Waals surface area contributed by atoms with Gasteiger partial charge in [0.1, 0.15) is 11.3 Å². The van der Waals surface area contributed by atoms with E-state index in [1.165, 1.54) is 0 Å². The number of fused-ring (bicyclic) bond motifs is 1. The maximum absolute atomic E-state index is 5.48. The molecule has 0 aliphatic rings. The lowest BCUT2D eigenvalue weighted by Crippen LogP contribution is -1.70. The Morgan fingerprint density at radius 2 is 2.25 bits per heavy atom. The Morgan fingerprint density at radius 1 is 1.42 bits per heavy atom. The minimum absolute atomic E-state index is 0.745. The molecule has 0 spiro atoms. The molecular weight excluding hydrogens is 148 g/mol. The first kappa shape index (κ1) is 7.17. The third-order valence-electron chi connectivity index (χ3n) is 1.72. The zero-order chi connectivity index (χ0) is 8.39. The molecule has 0 unspecified atom stereocenters. The Bertz CT molecular complexity index is 365. The fourth-order valence-electron chi connectivity index (χ4n) is 1.19. The molecule has 0 amide bonds. The molecule has 1 heterocycles. The van der Waals surface area contributed by atoms with Gasteiger partial charge in [-0.25, -0.2) is 0 Å². The Hall–Kier alpha value is -1.50. The van der Waals surface area contributed by atoms with Gasteiger partial charge < -0.3 is 4.42 Å². The van der Waals surface area contributed by atoms with Crippen LogP contribution in [0.4, 0.5) is 0 Å². The lowest BCUT2D eigenvalue weighted by molar-refractivity contribution is 0.564. The molecule has 0 saturated heterocycles. The normalized spacial score (nSPS) is 10.3. The molecule has 12 heavy (non-hydrogen) atoms. The van der Waals surface area contributed by atoms with Gasteiger partial charge in [0.25, 0.3) is 0 Å². The highest BCUT2D eigenvalue weighted by molar-refractivity contribution is 5.76. The number of hydrogen-bond donors (Lipinski definition) is 0. The molecule has 0 aliphatic carbocycles. The molecule has 2 aromatic rings. The molecule has 0 atom stereocenters. The summed E-state index contributed by atoms with van der Waals surface area (Å²) in [5, 5.41) is 1.04. The summed E-state index contributed by atoms with van der Waals surface area (Å²) in [6.45, 7) is 3.65. The van der Waals surface area contributed by atoms with Crippen molar-refractivity contribution in [1.82, 2.24) is 0 Å². The zero-order valence-electron chi connectivity index (χ0n) is 6.71. The summed E-state index contributed by atoms with van der Waals surface area (Å²) in [5.74, 6) is 0.853. The van der Waals surface area contributed by atoms with Crippen molar-refractivity contribution >= 4 is 11.0 Å². The van der Waals surface area contributed by atoms with Gasteiger partial charge >= 0.3 is 0 Å². The van der Waals surface area contributed by atoms with Crippen LogP contribution >= 0.6 is 0 Å². The molecule has 1 aromatic heterocycles. The molecule has 0 bridgehead atoms. The number of benzene rings is 1. The second-order valence-electron chi connectivity index (χ2n) is 2.64. The summed E-state index contributed by atoms with van der Waals surface area (Å²) < 4.78 is 5.48. The second-order valence-corrected chi connectivity index (χ2v) is 2.64. The third-order valence-corrected chi connectivity index (χ3v) is 1.72. The average Bonchev–Trinajstić information content (AvgIpc) is 2.47. The molecule has 1 radical (unpaired) electrons. The van der Waals surface area contributed by atoms with E-state index in [1.807, 2.05) is 30.3 Å². The van der Waals surface area contributed by atoms with Crippen molar-refractivity contribution in [2.24, 2.45) is 0 Å².